The molecule has 4 nitrogen and oxygen atoms in total. The highest BCUT2D eigenvalue weighted by molar-refractivity contribution is 7.13. The fourth-order valence-electron chi connectivity index (χ4n) is 2.74. The molecule has 1 aliphatic rings. The molecule has 0 aromatic carbocycles. The monoisotopic (exact) mass is 291 g/mol. The van der Waals surface area contributed by atoms with Crippen LogP contribution in [0, 0.1) is 5.41 Å². The molecular weight excluding hydrogens is 270 g/mol. The second-order valence-electron chi connectivity index (χ2n) is 6.22. The Hall–Kier alpha value is -1.17. The van der Waals surface area contributed by atoms with Crippen LogP contribution in [-0.2, 0) is 6.54 Å². The van der Waals surface area contributed by atoms with Crippen LogP contribution >= 0.6 is 11.3 Å². The van der Waals surface area contributed by atoms with E-state index in [1.54, 1.807) is 17.6 Å². The van der Waals surface area contributed by atoms with Gasteiger partial charge in [0.2, 0.25) is 0 Å². The van der Waals surface area contributed by atoms with Crippen LogP contribution in [0.2, 0.25) is 0 Å². The van der Waals surface area contributed by atoms with Crippen molar-refractivity contribution in [3.05, 3.63) is 29.5 Å². The third kappa shape index (κ3) is 2.80. The summed E-state index contributed by atoms with van der Waals surface area (Å²) in [7, 11) is 0. The second-order valence-corrected chi connectivity index (χ2v) is 7.07. The topological polar surface area (TPSA) is 55.3 Å². The van der Waals surface area contributed by atoms with Gasteiger partial charge < -0.3 is 10.2 Å². The van der Waals surface area contributed by atoms with E-state index in [0.29, 0.717) is 6.04 Å². The van der Waals surface area contributed by atoms with Gasteiger partial charge in [-0.15, -0.1) is 11.3 Å². The standard InChI is InChI=1S/C15H21N3OS/c1-15(2)10-18(6-5-13(15)16)8-11-9-20-14(17-11)12-4-3-7-19-12/h3-4,7,9,13H,5-6,8,10,16H2,1-2H3. The molecule has 1 unspecified atom stereocenters. The minimum Gasteiger partial charge on any atom is -0.462 e. The van der Waals surface area contributed by atoms with Crippen LogP contribution in [0.3, 0.4) is 0 Å². The van der Waals surface area contributed by atoms with E-state index in [0.717, 1.165) is 42.5 Å². The quantitative estimate of drug-likeness (QED) is 0.944. The third-order valence-electron chi connectivity index (χ3n) is 4.06. The first-order valence-corrected chi connectivity index (χ1v) is 7.89. The van der Waals surface area contributed by atoms with Crippen LogP contribution in [0.25, 0.3) is 10.8 Å². The summed E-state index contributed by atoms with van der Waals surface area (Å²) >= 11 is 1.64. The van der Waals surface area contributed by atoms with Crippen molar-refractivity contribution >= 4 is 11.3 Å². The van der Waals surface area contributed by atoms with Gasteiger partial charge in [0.25, 0.3) is 0 Å². The summed E-state index contributed by atoms with van der Waals surface area (Å²) in [5.41, 5.74) is 7.48. The molecule has 2 aromatic heterocycles. The van der Waals surface area contributed by atoms with Gasteiger partial charge in [-0.2, -0.15) is 0 Å². The van der Waals surface area contributed by atoms with Crippen LogP contribution in [0.5, 0.6) is 0 Å². The average molecular weight is 291 g/mol. The van der Waals surface area contributed by atoms with Gasteiger partial charge >= 0.3 is 0 Å². The molecule has 1 fully saturated rings. The van der Waals surface area contributed by atoms with Gasteiger partial charge in [-0.1, -0.05) is 13.8 Å². The lowest BCUT2D eigenvalue weighted by Crippen LogP contribution is -2.52. The number of nitrogens with two attached hydrogens (primary N) is 1. The molecule has 108 valence electrons. The van der Waals surface area contributed by atoms with Gasteiger partial charge in [-0.25, -0.2) is 4.98 Å². The zero-order valence-corrected chi connectivity index (χ0v) is 12.8. The second kappa shape index (κ2) is 5.31. The van der Waals surface area contributed by atoms with Crippen molar-refractivity contribution in [1.82, 2.24) is 9.88 Å². The van der Waals surface area contributed by atoms with Gasteiger partial charge in [0.1, 0.15) is 0 Å². The zero-order chi connectivity index (χ0) is 14.2. The first-order chi connectivity index (χ1) is 9.54. The van der Waals surface area contributed by atoms with E-state index >= 15 is 0 Å². The van der Waals surface area contributed by atoms with Crippen LogP contribution in [0.4, 0.5) is 0 Å². The smallest absolute Gasteiger partial charge is 0.162 e. The fraction of sp³-hybridized carbons (Fsp3) is 0.533. The normalized spacial score (nSPS) is 23.1. The number of furan rings is 1. The summed E-state index contributed by atoms with van der Waals surface area (Å²) < 4.78 is 5.39. The maximum atomic E-state index is 6.18. The summed E-state index contributed by atoms with van der Waals surface area (Å²) in [4.78, 5) is 7.11. The number of aromatic nitrogens is 1. The number of rotatable bonds is 3. The summed E-state index contributed by atoms with van der Waals surface area (Å²) in [5.74, 6) is 0.849. The summed E-state index contributed by atoms with van der Waals surface area (Å²) in [6.45, 7) is 7.48. The minimum atomic E-state index is 0.179. The van der Waals surface area contributed by atoms with E-state index in [4.69, 9.17) is 10.2 Å². The Balaban J connectivity index is 1.67. The highest BCUT2D eigenvalue weighted by Crippen LogP contribution is 2.29. The number of nitrogens with zero attached hydrogens (tertiary/aromatic N) is 2. The van der Waals surface area contributed by atoms with Crippen LogP contribution in [0.15, 0.2) is 28.2 Å². The highest BCUT2D eigenvalue weighted by Gasteiger charge is 2.33. The van der Waals surface area contributed by atoms with Crippen molar-refractivity contribution in [2.24, 2.45) is 11.1 Å². The average Bonchev–Trinajstić information content (AvgIpc) is 3.03. The Kier molecular flexibility index (Phi) is 3.67. The number of likely N-dealkylation sites (tertiary alicyclic amines) is 1. The van der Waals surface area contributed by atoms with Crippen molar-refractivity contribution < 1.29 is 4.42 Å². The summed E-state index contributed by atoms with van der Waals surface area (Å²) in [6, 6.07) is 4.14. The van der Waals surface area contributed by atoms with Gasteiger partial charge in [0.15, 0.2) is 10.8 Å². The lowest BCUT2D eigenvalue weighted by atomic mass is 9.80. The summed E-state index contributed by atoms with van der Waals surface area (Å²) in [5, 5.41) is 3.08. The maximum Gasteiger partial charge on any atom is 0.162 e. The SMILES string of the molecule is CC1(C)CN(Cc2csc(-c3ccco3)n2)CCC1N. The predicted octanol–water partition coefficient (Wildman–Crippen LogP) is 2.96. The number of hydrogen-bond acceptors (Lipinski definition) is 5. The molecule has 1 saturated heterocycles. The van der Waals surface area contributed by atoms with E-state index in [-0.39, 0.29) is 5.41 Å². The molecular formula is C15H21N3OS. The summed E-state index contributed by atoms with van der Waals surface area (Å²) in [6.07, 6.45) is 2.74. The molecule has 2 aromatic rings. The van der Waals surface area contributed by atoms with Crippen LogP contribution in [-0.4, -0.2) is 29.0 Å². The molecule has 0 radical (unpaired) electrons. The number of piperidine rings is 1. The van der Waals surface area contributed by atoms with Crippen LogP contribution in [0.1, 0.15) is 26.0 Å². The molecule has 0 spiro atoms. The van der Waals surface area contributed by atoms with E-state index in [2.05, 4.69) is 29.1 Å². The first kappa shape index (κ1) is 13.8. The Morgan fingerprint density at radius 3 is 3.10 bits per heavy atom. The Labute approximate surface area is 123 Å². The van der Waals surface area contributed by atoms with Crippen molar-refractivity contribution in [2.75, 3.05) is 13.1 Å². The van der Waals surface area contributed by atoms with Crippen molar-refractivity contribution in [3.8, 4) is 10.8 Å². The largest absolute Gasteiger partial charge is 0.462 e. The van der Waals surface area contributed by atoms with Crippen molar-refractivity contribution in [2.45, 2.75) is 32.9 Å². The van der Waals surface area contributed by atoms with E-state index < -0.39 is 0 Å². The Morgan fingerprint density at radius 2 is 2.40 bits per heavy atom. The molecule has 1 aliphatic heterocycles. The molecule has 3 rings (SSSR count). The molecule has 0 saturated carbocycles. The van der Waals surface area contributed by atoms with Gasteiger partial charge in [0.05, 0.1) is 12.0 Å². The van der Waals surface area contributed by atoms with Gasteiger partial charge in [0, 0.05) is 31.1 Å². The van der Waals surface area contributed by atoms with Gasteiger partial charge in [-0.05, 0) is 24.0 Å². The molecule has 3 heterocycles. The Morgan fingerprint density at radius 1 is 1.55 bits per heavy atom. The number of hydrogen-bond donors (Lipinski definition) is 1. The predicted molar refractivity (Wildman–Crippen MR) is 81.5 cm³/mol. The maximum absolute atomic E-state index is 6.18. The fourth-order valence-corrected chi connectivity index (χ4v) is 3.52. The third-order valence-corrected chi connectivity index (χ3v) is 4.97. The first-order valence-electron chi connectivity index (χ1n) is 7.01. The Bertz CT molecular complexity index is 561. The minimum absolute atomic E-state index is 0.179. The molecule has 0 aliphatic carbocycles. The van der Waals surface area contributed by atoms with E-state index in [1.807, 2.05) is 12.1 Å². The number of thiazole rings is 1. The molecule has 0 bridgehead atoms. The molecule has 1 atom stereocenters. The van der Waals surface area contributed by atoms with Crippen molar-refractivity contribution in [3.63, 3.8) is 0 Å². The lowest BCUT2D eigenvalue weighted by Gasteiger charge is -2.42. The van der Waals surface area contributed by atoms with Crippen LogP contribution < -0.4 is 5.73 Å². The lowest BCUT2D eigenvalue weighted by molar-refractivity contribution is 0.0891. The molecule has 20 heavy (non-hydrogen) atoms. The van der Waals surface area contributed by atoms with Gasteiger partial charge in [-0.3, -0.25) is 4.90 Å². The van der Waals surface area contributed by atoms with E-state index in [1.165, 1.54) is 0 Å². The highest BCUT2D eigenvalue weighted by atomic mass is 32.1. The van der Waals surface area contributed by atoms with Crippen molar-refractivity contribution in [1.29, 1.82) is 0 Å². The van der Waals surface area contributed by atoms with E-state index in [9.17, 15) is 0 Å². The molecule has 0 amide bonds. The molecule has 2 N–H and O–H groups in total. The molecule has 5 heteroatoms. The zero-order valence-electron chi connectivity index (χ0n) is 12.0.